The van der Waals surface area contributed by atoms with Gasteiger partial charge < -0.3 is 19.7 Å². The van der Waals surface area contributed by atoms with Gasteiger partial charge in [-0.2, -0.15) is 0 Å². The number of para-hydroxylation sites is 2. The molecule has 6 heteroatoms. The van der Waals surface area contributed by atoms with Crippen molar-refractivity contribution in [3.05, 3.63) is 71.8 Å². The van der Waals surface area contributed by atoms with Gasteiger partial charge in [0.1, 0.15) is 0 Å². The summed E-state index contributed by atoms with van der Waals surface area (Å²) in [4.78, 5) is 24.3. The Kier molecular flexibility index (Phi) is 6.17. The lowest BCUT2D eigenvalue weighted by molar-refractivity contribution is -0.132. The van der Waals surface area contributed by atoms with Crippen LogP contribution in [0.25, 0.3) is 0 Å². The largest absolute Gasteiger partial charge is 0.504 e. The first-order valence-electron chi connectivity index (χ1n) is 8.87. The van der Waals surface area contributed by atoms with Crippen molar-refractivity contribution in [2.75, 3.05) is 0 Å². The highest BCUT2D eigenvalue weighted by molar-refractivity contribution is 5.91. The highest BCUT2D eigenvalue weighted by Gasteiger charge is 2.33. The molecule has 0 spiro atoms. The number of hydrogen-bond donors (Lipinski definition) is 2. The molecule has 0 aliphatic rings. The number of carbonyl (C=O) groups is 2. The fraction of sp³-hybridized carbons (Fsp3) is 0.217. The van der Waals surface area contributed by atoms with Crippen LogP contribution in [0.15, 0.2) is 60.7 Å². The van der Waals surface area contributed by atoms with Gasteiger partial charge in [-0.05, 0) is 26.0 Å². The molecule has 29 heavy (non-hydrogen) atoms. The third kappa shape index (κ3) is 4.48. The van der Waals surface area contributed by atoms with Crippen molar-refractivity contribution in [3.63, 3.8) is 0 Å². The number of aromatic hydroxyl groups is 2. The lowest BCUT2D eigenvalue weighted by Crippen LogP contribution is -2.23. The molecule has 0 aromatic heterocycles. The Morgan fingerprint density at radius 2 is 1.38 bits per heavy atom. The minimum Gasteiger partial charge on any atom is -0.504 e. The monoisotopic (exact) mass is 396 g/mol. The molecule has 0 aliphatic carbocycles. The summed E-state index contributed by atoms with van der Waals surface area (Å²) < 4.78 is 10.9. The number of esters is 2. The summed E-state index contributed by atoms with van der Waals surface area (Å²) in [5, 5.41) is 20.3. The summed E-state index contributed by atoms with van der Waals surface area (Å²) in [5.74, 6) is -1.89. The third-order valence-electron chi connectivity index (χ3n) is 4.43. The Morgan fingerprint density at radius 1 is 0.862 bits per heavy atom. The summed E-state index contributed by atoms with van der Waals surface area (Å²) in [6.45, 7) is 13.7. The summed E-state index contributed by atoms with van der Waals surface area (Å²) >= 11 is 0. The van der Waals surface area contributed by atoms with Crippen LogP contribution in [0.2, 0.25) is 0 Å². The second-order valence-corrected chi connectivity index (χ2v) is 7.27. The number of ether oxygens (including phenoxy) is 2. The summed E-state index contributed by atoms with van der Waals surface area (Å²) in [7, 11) is 0. The topological polar surface area (TPSA) is 93.1 Å². The SMILES string of the molecule is C=C(C)C(=O)Oc1cccc(C(C)(C)c2cccc(O)c2O)c1OC(=O)C(=C)C. The number of benzene rings is 2. The fourth-order valence-corrected chi connectivity index (χ4v) is 2.74. The molecule has 0 saturated carbocycles. The Labute approximate surface area is 169 Å². The minimum atomic E-state index is -0.931. The van der Waals surface area contributed by atoms with E-state index in [1.807, 2.05) is 0 Å². The van der Waals surface area contributed by atoms with E-state index in [9.17, 15) is 19.8 Å². The maximum Gasteiger partial charge on any atom is 0.338 e. The van der Waals surface area contributed by atoms with Crippen molar-refractivity contribution < 1.29 is 29.3 Å². The van der Waals surface area contributed by atoms with E-state index in [1.165, 1.54) is 26.0 Å². The average molecular weight is 396 g/mol. The molecule has 0 radical (unpaired) electrons. The van der Waals surface area contributed by atoms with Crippen LogP contribution in [-0.2, 0) is 15.0 Å². The van der Waals surface area contributed by atoms with Crippen LogP contribution in [0, 0.1) is 0 Å². The van der Waals surface area contributed by atoms with Gasteiger partial charge >= 0.3 is 11.9 Å². The molecule has 2 aromatic carbocycles. The summed E-state index contributed by atoms with van der Waals surface area (Å²) in [6, 6.07) is 9.41. The first-order valence-corrected chi connectivity index (χ1v) is 8.87. The smallest absolute Gasteiger partial charge is 0.338 e. The second kappa shape index (κ2) is 8.22. The lowest BCUT2D eigenvalue weighted by atomic mass is 9.77. The van der Waals surface area contributed by atoms with Gasteiger partial charge in [-0.15, -0.1) is 0 Å². The highest BCUT2D eigenvalue weighted by atomic mass is 16.6. The third-order valence-corrected chi connectivity index (χ3v) is 4.43. The molecule has 2 aromatic rings. The number of phenols is 2. The molecular formula is C23H24O6. The number of rotatable bonds is 6. The zero-order valence-electron chi connectivity index (χ0n) is 16.9. The van der Waals surface area contributed by atoms with Crippen LogP contribution in [0.1, 0.15) is 38.8 Å². The van der Waals surface area contributed by atoms with Crippen molar-refractivity contribution in [1.29, 1.82) is 0 Å². The Bertz CT molecular complexity index is 1000. The van der Waals surface area contributed by atoms with E-state index >= 15 is 0 Å². The molecule has 0 unspecified atom stereocenters. The molecule has 0 fully saturated rings. The van der Waals surface area contributed by atoms with E-state index < -0.39 is 17.4 Å². The normalized spacial score (nSPS) is 10.9. The van der Waals surface area contributed by atoms with Crippen molar-refractivity contribution >= 4 is 11.9 Å². The van der Waals surface area contributed by atoms with E-state index in [4.69, 9.17) is 9.47 Å². The zero-order chi connectivity index (χ0) is 21.9. The first kappa shape index (κ1) is 21.8. The van der Waals surface area contributed by atoms with Gasteiger partial charge in [-0.1, -0.05) is 51.3 Å². The van der Waals surface area contributed by atoms with Gasteiger partial charge in [0.05, 0.1) is 0 Å². The molecule has 152 valence electrons. The lowest BCUT2D eigenvalue weighted by Gasteiger charge is -2.29. The van der Waals surface area contributed by atoms with Crippen LogP contribution >= 0.6 is 0 Å². The van der Waals surface area contributed by atoms with Crippen LogP contribution < -0.4 is 9.47 Å². The van der Waals surface area contributed by atoms with Crippen LogP contribution in [0.4, 0.5) is 0 Å². The van der Waals surface area contributed by atoms with Crippen molar-refractivity contribution in [2.24, 2.45) is 0 Å². The van der Waals surface area contributed by atoms with Gasteiger partial charge in [-0.25, -0.2) is 9.59 Å². The van der Waals surface area contributed by atoms with E-state index in [2.05, 4.69) is 13.2 Å². The molecule has 0 aliphatic heterocycles. The molecule has 0 heterocycles. The summed E-state index contributed by atoms with van der Waals surface area (Å²) in [6.07, 6.45) is 0. The van der Waals surface area contributed by atoms with Gasteiger partial charge in [0, 0.05) is 27.7 Å². The van der Waals surface area contributed by atoms with Crippen LogP contribution in [-0.4, -0.2) is 22.2 Å². The Balaban J connectivity index is 2.70. The van der Waals surface area contributed by atoms with Crippen molar-refractivity contribution in [1.82, 2.24) is 0 Å². The van der Waals surface area contributed by atoms with Gasteiger partial charge in [0.15, 0.2) is 23.0 Å². The van der Waals surface area contributed by atoms with Crippen molar-refractivity contribution in [2.45, 2.75) is 33.1 Å². The quantitative estimate of drug-likeness (QED) is 0.326. The van der Waals surface area contributed by atoms with Gasteiger partial charge in [0.2, 0.25) is 0 Å². The van der Waals surface area contributed by atoms with E-state index in [0.29, 0.717) is 11.1 Å². The van der Waals surface area contributed by atoms with Crippen molar-refractivity contribution in [3.8, 4) is 23.0 Å². The maximum atomic E-state index is 12.3. The average Bonchev–Trinajstić information content (AvgIpc) is 2.64. The fourth-order valence-electron chi connectivity index (χ4n) is 2.74. The summed E-state index contributed by atoms with van der Waals surface area (Å²) in [5.41, 5.74) is 0.264. The molecule has 0 amide bonds. The number of phenolic OH excluding ortho intramolecular Hbond substituents is 2. The van der Waals surface area contributed by atoms with E-state index in [0.717, 1.165) is 0 Å². The van der Waals surface area contributed by atoms with Gasteiger partial charge in [-0.3, -0.25) is 0 Å². The Hall–Kier alpha value is -3.54. The minimum absolute atomic E-state index is 0.0165. The molecule has 0 bridgehead atoms. The molecule has 0 atom stereocenters. The van der Waals surface area contributed by atoms with E-state index in [-0.39, 0.29) is 34.1 Å². The van der Waals surface area contributed by atoms with Gasteiger partial charge in [0.25, 0.3) is 0 Å². The predicted molar refractivity (Wildman–Crippen MR) is 109 cm³/mol. The second-order valence-electron chi connectivity index (χ2n) is 7.27. The number of carbonyl (C=O) groups excluding carboxylic acids is 2. The molecule has 0 saturated heterocycles. The molecule has 2 N–H and O–H groups in total. The zero-order valence-corrected chi connectivity index (χ0v) is 16.9. The predicted octanol–water partition coefficient (Wildman–Crippen LogP) is 4.39. The first-order chi connectivity index (χ1) is 13.5. The Morgan fingerprint density at radius 3 is 1.97 bits per heavy atom. The van der Waals surface area contributed by atoms with E-state index in [1.54, 1.807) is 38.1 Å². The van der Waals surface area contributed by atoms with Crippen LogP contribution in [0.3, 0.4) is 0 Å². The molecule has 6 nitrogen and oxygen atoms in total. The molecule has 2 rings (SSSR count). The standard InChI is InChI=1S/C23H24O6/c1-13(2)21(26)28-18-12-8-10-16(20(18)29-22(27)14(3)4)23(5,6)15-9-7-11-17(24)19(15)25/h7-12,24-25H,1,3H2,2,4-6H3. The maximum absolute atomic E-state index is 12.3. The molecular weight excluding hydrogens is 372 g/mol. The highest BCUT2D eigenvalue weighted by Crippen LogP contribution is 2.46. The van der Waals surface area contributed by atoms with Crippen LogP contribution in [0.5, 0.6) is 23.0 Å². The number of hydrogen-bond acceptors (Lipinski definition) is 6.